The van der Waals surface area contributed by atoms with E-state index in [1.807, 2.05) is 37.3 Å². The van der Waals surface area contributed by atoms with Crippen LogP contribution in [0.4, 0.5) is 5.69 Å². The smallest absolute Gasteiger partial charge is 0.328 e. The van der Waals surface area contributed by atoms with Gasteiger partial charge in [-0.1, -0.05) is 50.6 Å². The predicted molar refractivity (Wildman–Crippen MR) is 83.9 cm³/mol. The van der Waals surface area contributed by atoms with E-state index < -0.39 is 0 Å². The second-order valence-electron chi connectivity index (χ2n) is 4.83. The number of hydrogen-bond donors (Lipinski definition) is 0. The molecule has 110 valence electrons. The summed E-state index contributed by atoms with van der Waals surface area (Å²) in [5, 5.41) is 0. The average molecular weight is 275 g/mol. The van der Waals surface area contributed by atoms with Crippen LogP contribution in [0.2, 0.25) is 0 Å². The van der Waals surface area contributed by atoms with Crippen LogP contribution in [0.5, 0.6) is 0 Å². The van der Waals surface area contributed by atoms with Gasteiger partial charge in [0, 0.05) is 12.2 Å². The Morgan fingerprint density at radius 2 is 2.05 bits per heavy atom. The van der Waals surface area contributed by atoms with Gasteiger partial charge in [0.1, 0.15) is 12.6 Å². The molecule has 1 aromatic carbocycles. The molecule has 1 aromatic rings. The van der Waals surface area contributed by atoms with Gasteiger partial charge < -0.3 is 9.64 Å². The summed E-state index contributed by atoms with van der Waals surface area (Å²) in [5.74, 6) is -0.203. The van der Waals surface area contributed by atoms with Crippen LogP contribution in [0.1, 0.15) is 33.1 Å². The van der Waals surface area contributed by atoms with Crippen LogP contribution in [-0.2, 0) is 9.53 Å². The minimum absolute atomic E-state index is 0.203. The van der Waals surface area contributed by atoms with Crippen molar-refractivity contribution < 1.29 is 9.53 Å². The Balaban J connectivity index is 2.75. The van der Waals surface area contributed by atoms with Crippen LogP contribution in [0, 0.1) is 0 Å². The summed E-state index contributed by atoms with van der Waals surface area (Å²) < 4.78 is 5.16. The fraction of sp³-hybridized carbons (Fsp3) is 0.471. The SMILES string of the molecule is C=CCOC(=O)[C@H](C)N(CCCCC)c1ccccc1. The van der Waals surface area contributed by atoms with E-state index in [0.717, 1.165) is 31.5 Å². The third kappa shape index (κ3) is 5.08. The van der Waals surface area contributed by atoms with Crippen molar-refractivity contribution in [2.24, 2.45) is 0 Å². The van der Waals surface area contributed by atoms with E-state index in [-0.39, 0.29) is 18.6 Å². The molecule has 0 unspecified atom stereocenters. The predicted octanol–water partition coefficient (Wildman–Crippen LogP) is 3.80. The number of esters is 1. The van der Waals surface area contributed by atoms with Crippen molar-refractivity contribution in [3.05, 3.63) is 43.0 Å². The summed E-state index contributed by atoms with van der Waals surface area (Å²) in [7, 11) is 0. The van der Waals surface area contributed by atoms with Crippen molar-refractivity contribution in [3.8, 4) is 0 Å². The Morgan fingerprint density at radius 1 is 1.35 bits per heavy atom. The maximum absolute atomic E-state index is 12.0. The highest BCUT2D eigenvalue weighted by molar-refractivity contribution is 5.79. The van der Waals surface area contributed by atoms with Crippen LogP contribution >= 0.6 is 0 Å². The van der Waals surface area contributed by atoms with Crippen LogP contribution in [0.15, 0.2) is 43.0 Å². The van der Waals surface area contributed by atoms with Crippen molar-refractivity contribution in [1.82, 2.24) is 0 Å². The molecule has 0 amide bonds. The molecule has 0 saturated carbocycles. The summed E-state index contributed by atoms with van der Waals surface area (Å²) in [6.07, 6.45) is 4.99. The summed E-state index contributed by atoms with van der Waals surface area (Å²) >= 11 is 0. The highest BCUT2D eigenvalue weighted by atomic mass is 16.5. The Morgan fingerprint density at radius 3 is 2.65 bits per heavy atom. The lowest BCUT2D eigenvalue weighted by molar-refractivity contribution is -0.143. The Labute approximate surface area is 122 Å². The molecular weight excluding hydrogens is 250 g/mol. The zero-order valence-corrected chi connectivity index (χ0v) is 12.5. The molecule has 0 spiro atoms. The van der Waals surface area contributed by atoms with Crippen molar-refractivity contribution in [2.45, 2.75) is 39.2 Å². The quantitative estimate of drug-likeness (QED) is 0.390. The van der Waals surface area contributed by atoms with E-state index >= 15 is 0 Å². The minimum atomic E-state index is -0.283. The highest BCUT2D eigenvalue weighted by Gasteiger charge is 2.22. The molecule has 0 heterocycles. The molecule has 0 aliphatic rings. The van der Waals surface area contributed by atoms with E-state index in [2.05, 4.69) is 18.4 Å². The van der Waals surface area contributed by atoms with Crippen LogP contribution in [-0.4, -0.2) is 25.2 Å². The Bertz CT molecular complexity index is 403. The van der Waals surface area contributed by atoms with E-state index in [9.17, 15) is 4.79 Å². The summed E-state index contributed by atoms with van der Waals surface area (Å²) in [4.78, 5) is 14.1. The first-order chi connectivity index (χ1) is 9.70. The molecule has 0 saturated heterocycles. The van der Waals surface area contributed by atoms with Gasteiger partial charge in [-0.25, -0.2) is 4.79 Å². The number of carbonyl (C=O) groups excluding carboxylic acids is 1. The summed E-state index contributed by atoms with van der Waals surface area (Å²) in [5.41, 5.74) is 1.06. The Hall–Kier alpha value is -1.77. The third-order valence-corrected chi connectivity index (χ3v) is 3.24. The molecule has 0 N–H and O–H groups in total. The van der Waals surface area contributed by atoms with Gasteiger partial charge in [-0.3, -0.25) is 0 Å². The molecule has 0 radical (unpaired) electrons. The van der Waals surface area contributed by atoms with Crippen molar-refractivity contribution in [1.29, 1.82) is 0 Å². The molecule has 1 rings (SSSR count). The second kappa shape index (κ2) is 9.18. The monoisotopic (exact) mass is 275 g/mol. The van der Waals surface area contributed by atoms with E-state index in [0.29, 0.717) is 0 Å². The molecule has 20 heavy (non-hydrogen) atoms. The van der Waals surface area contributed by atoms with Crippen molar-refractivity contribution in [2.75, 3.05) is 18.1 Å². The number of carbonyl (C=O) groups is 1. The minimum Gasteiger partial charge on any atom is -0.460 e. The van der Waals surface area contributed by atoms with Crippen molar-refractivity contribution in [3.63, 3.8) is 0 Å². The molecular formula is C17H25NO2. The molecule has 3 nitrogen and oxygen atoms in total. The number of rotatable bonds is 9. The normalized spacial score (nSPS) is 11.7. The lowest BCUT2D eigenvalue weighted by Gasteiger charge is -2.29. The van der Waals surface area contributed by atoms with Gasteiger partial charge >= 0.3 is 5.97 Å². The second-order valence-corrected chi connectivity index (χ2v) is 4.83. The molecule has 0 aliphatic heterocycles. The number of para-hydroxylation sites is 1. The first kappa shape index (κ1) is 16.3. The topological polar surface area (TPSA) is 29.5 Å². The number of unbranched alkanes of at least 4 members (excludes halogenated alkanes) is 2. The average Bonchev–Trinajstić information content (AvgIpc) is 2.49. The third-order valence-electron chi connectivity index (χ3n) is 3.24. The molecule has 0 aliphatic carbocycles. The van der Waals surface area contributed by atoms with Gasteiger partial charge in [-0.05, 0) is 25.5 Å². The zero-order chi connectivity index (χ0) is 14.8. The van der Waals surface area contributed by atoms with Gasteiger partial charge in [0.2, 0.25) is 0 Å². The van der Waals surface area contributed by atoms with Crippen LogP contribution in [0.3, 0.4) is 0 Å². The highest BCUT2D eigenvalue weighted by Crippen LogP contribution is 2.18. The standard InChI is InChI=1S/C17H25NO2/c1-4-6-10-13-18(16-11-8-7-9-12-16)15(3)17(19)20-14-5-2/h5,7-9,11-12,15H,2,4,6,10,13-14H2,1,3H3/t15-/m0/s1. The number of hydrogen-bond acceptors (Lipinski definition) is 3. The lowest BCUT2D eigenvalue weighted by Crippen LogP contribution is -2.41. The van der Waals surface area contributed by atoms with Gasteiger partial charge in [0.05, 0.1) is 0 Å². The number of ether oxygens (including phenoxy) is 1. The fourth-order valence-electron chi connectivity index (χ4n) is 2.09. The van der Waals surface area contributed by atoms with E-state index in [1.54, 1.807) is 6.08 Å². The maximum atomic E-state index is 12.0. The number of nitrogens with zero attached hydrogens (tertiary/aromatic N) is 1. The Kier molecular flexibility index (Phi) is 7.48. The molecule has 0 bridgehead atoms. The van der Waals surface area contributed by atoms with Crippen molar-refractivity contribution >= 4 is 11.7 Å². The molecule has 3 heteroatoms. The lowest BCUT2D eigenvalue weighted by atomic mass is 10.1. The zero-order valence-electron chi connectivity index (χ0n) is 12.5. The van der Waals surface area contributed by atoms with Gasteiger partial charge in [-0.2, -0.15) is 0 Å². The van der Waals surface area contributed by atoms with Gasteiger partial charge in [0.25, 0.3) is 0 Å². The first-order valence-electron chi connectivity index (χ1n) is 7.30. The van der Waals surface area contributed by atoms with Gasteiger partial charge in [0.15, 0.2) is 0 Å². The summed E-state index contributed by atoms with van der Waals surface area (Å²) in [6.45, 7) is 8.76. The summed E-state index contributed by atoms with van der Waals surface area (Å²) in [6, 6.07) is 9.74. The number of benzene rings is 1. The van der Waals surface area contributed by atoms with Crippen LogP contribution in [0.25, 0.3) is 0 Å². The fourth-order valence-corrected chi connectivity index (χ4v) is 2.09. The van der Waals surface area contributed by atoms with Crippen LogP contribution < -0.4 is 4.90 Å². The van der Waals surface area contributed by atoms with E-state index in [4.69, 9.17) is 4.74 Å². The van der Waals surface area contributed by atoms with Gasteiger partial charge in [-0.15, -0.1) is 0 Å². The maximum Gasteiger partial charge on any atom is 0.328 e. The largest absolute Gasteiger partial charge is 0.460 e. The number of anilines is 1. The van der Waals surface area contributed by atoms with E-state index in [1.165, 1.54) is 0 Å². The first-order valence-corrected chi connectivity index (χ1v) is 7.30. The molecule has 0 aromatic heterocycles. The molecule has 0 fully saturated rings. The molecule has 1 atom stereocenters.